The summed E-state index contributed by atoms with van der Waals surface area (Å²) in [7, 11) is 0. The Kier molecular flexibility index (Phi) is 3.96. The highest BCUT2D eigenvalue weighted by atomic mass is 79.9. The number of aromatic amines is 2. The molecule has 0 spiro atoms. The molecule has 0 aliphatic carbocycles. The van der Waals surface area contributed by atoms with Gasteiger partial charge < -0.3 is 15.7 Å². The van der Waals surface area contributed by atoms with E-state index < -0.39 is 0 Å². The smallest absolute Gasteiger partial charge is 0.320 e. The van der Waals surface area contributed by atoms with Gasteiger partial charge in [-0.05, 0) is 41.5 Å². The Hall–Kier alpha value is -1.08. The molecule has 3 aromatic rings. The van der Waals surface area contributed by atoms with Crippen molar-refractivity contribution in [2.45, 2.75) is 6.04 Å². The van der Waals surface area contributed by atoms with E-state index >= 15 is 0 Å². The quantitative estimate of drug-likeness (QED) is 0.572. The molecule has 2 aromatic carbocycles. The Labute approximate surface area is 142 Å². The van der Waals surface area contributed by atoms with Crippen LogP contribution in [0, 0.1) is 0 Å². The molecule has 3 rings (SSSR count). The number of benzene rings is 2. The zero-order valence-electron chi connectivity index (χ0n) is 10.6. The average molecular weight is 432 g/mol. The number of nitrogens with two attached hydrogens (primary N) is 1. The number of fused-ring (bicyclic) bond motifs is 1. The van der Waals surface area contributed by atoms with Crippen molar-refractivity contribution in [2.24, 2.45) is 5.73 Å². The predicted octanol–water partition coefficient (Wildman–Crippen LogP) is 4.08. The fraction of sp³-hybridized carbons (Fsp3) is 0.0714. The summed E-state index contributed by atoms with van der Waals surface area (Å²) in [4.78, 5) is 16.8. The van der Waals surface area contributed by atoms with E-state index in [-0.39, 0.29) is 11.7 Å². The normalized spacial score (nSPS) is 12.8. The molecule has 0 saturated carbocycles. The topological polar surface area (TPSA) is 74.7 Å². The highest BCUT2D eigenvalue weighted by Gasteiger charge is 2.15. The molecule has 4 N–H and O–H groups in total. The van der Waals surface area contributed by atoms with Gasteiger partial charge in [-0.1, -0.05) is 43.5 Å². The number of hydrogen-bond donors (Lipinski definition) is 3. The van der Waals surface area contributed by atoms with Crippen molar-refractivity contribution < 1.29 is 0 Å². The van der Waals surface area contributed by atoms with E-state index in [4.69, 9.17) is 17.3 Å². The molecule has 1 aromatic heterocycles. The summed E-state index contributed by atoms with van der Waals surface area (Å²) >= 11 is 13.0. The first-order valence-corrected chi connectivity index (χ1v) is 8.03. The first kappa shape index (κ1) is 14.8. The molecule has 0 bridgehead atoms. The summed E-state index contributed by atoms with van der Waals surface area (Å²) in [5.41, 5.74) is 9.30. The van der Waals surface area contributed by atoms with Crippen molar-refractivity contribution >= 4 is 54.5 Å². The van der Waals surface area contributed by atoms with Crippen LogP contribution in [0.5, 0.6) is 0 Å². The van der Waals surface area contributed by atoms with Crippen LogP contribution in [-0.4, -0.2) is 9.97 Å². The van der Waals surface area contributed by atoms with E-state index in [2.05, 4.69) is 41.8 Å². The van der Waals surface area contributed by atoms with Crippen LogP contribution in [0.3, 0.4) is 0 Å². The Morgan fingerprint density at radius 2 is 1.71 bits per heavy atom. The van der Waals surface area contributed by atoms with Gasteiger partial charge in [0.2, 0.25) is 0 Å². The van der Waals surface area contributed by atoms with E-state index in [1.807, 2.05) is 24.3 Å². The van der Waals surface area contributed by atoms with Crippen molar-refractivity contribution in [1.82, 2.24) is 9.97 Å². The van der Waals surface area contributed by atoms with Crippen LogP contribution in [0.15, 0.2) is 44.1 Å². The van der Waals surface area contributed by atoms with Gasteiger partial charge in [-0.3, -0.25) is 0 Å². The molecule has 0 aliphatic rings. The third kappa shape index (κ3) is 2.94. The molecule has 0 saturated heterocycles. The van der Waals surface area contributed by atoms with Gasteiger partial charge in [0.05, 0.1) is 17.1 Å². The van der Waals surface area contributed by atoms with Crippen molar-refractivity contribution in [2.75, 3.05) is 0 Å². The Balaban J connectivity index is 2.13. The monoisotopic (exact) mass is 429 g/mol. The van der Waals surface area contributed by atoms with Crippen molar-refractivity contribution in [1.29, 1.82) is 0 Å². The number of rotatable bonds is 2. The summed E-state index contributed by atoms with van der Waals surface area (Å²) < 4.78 is 1.70. The third-order valence-electron chi connectivity index (χ3n) is 3.21. The lowest BCUT2D eigenvalue weighted by Crippen LogP contribution is -2.12. The van der Waals surface area contributed by atoms with E-state index in [1.165, 1.54) is 0 Å². The Morgan fingerprint density at radius 3 is 2.38 bits per heavy atom. The summed E-state index contributed by atoms with van der Waals surface area (Å²) in [6.45, 7) is 0. The molecule has 0 fully saturated rings. The molecule has 21 heavy (non-hydrogen) atoms. The van der Waals surface area contributed by atoms with Crippen molar-refractivity contribution in [3.05, 3.63) is 65.9 Å². The molecule has 1 heterocycles. The summed E-state index contributed by atoms with van der Waals surface area (Å²) in [5.74, 6) is 0. The molecule has 108 valence electrons. The van der Waals surface area contributed by atoms with E-state index in [0.717, 1.165) is 31.1 Å². The van der Waals surface area contributed by atoms with Gasteiger partial charge in [0, 0.05) is 14.0 Å². The summed E-state index contributed by atoms with van der Waals surface area (Å²) in [6, 6.07) is 8.89. The SMILES string of the molecule is NC(c1cc(Cl)cc(Br)c1)c1cc2[nH]c(=O)[nH]c2cc1Br. The minimum Gasteiger partial charge on any atom is -0.320 e. The van der Waals surface area contributed by atoms with Crippen molar-refractivity contribution in [3.63, 3.8) is 0 Å². The predicted molar refractivity (Wildman–Crippen MR) is 91.8 cm³/mol. The molecular formula is C14H10Br2ClN3O. The molecule has 1 atom stereocenters. The van der Waals surface area contributed by atoms with Crippen LogP contribution in [0.1, 0.15) is 17.2 Å². The highest BCUT2D eigenvalue weighted by molar-refractivity contribution is 9.10. The second-order valence-electron chi connectivity index (χ2n) is 4.68. The molecule has 4 nitrogen and oxygen atoms in total. The van der Waals surface area contributed by atoms with Gasteiger partial charge in [0.25, 0.3) is 0 Å². The van der Waals surface area contributed by atoms with Crippen LogP contribution < -0.4 is 11.4 Å². The van der Waals surface area contributed by atoms with Gasteiger partial charge in [0.15, 0.2) is 0 Å². The summed E-state index contributed by atoms with van der Waals surface area (Å²) in [5, 5.41) is 0.613. The highest BCUT2D eigenvalue weighted by Crippen LogP contribution is 2.32. The number of aromatic nitrogens is 2. The zero-order chi connectivity index (χ0) is 15.1. The van der Waals surface area contributed by atoms with Gasteiger partial charge >= 0.3 is 5.69 Å². The zero-order valence-corrected chi connectivity index (χ0v) is 14.5. The fourth-order valence-electron chi connectivity index (χ4n) is 2.25. The number of hydrogen-bond acceptors (Lipinski definition) is 2. The Bertz CT molecular complexity index is 867. The van der Waals surface area contributed by atoms with Gasteiger partial charge in [-0.2, -0.15) is 0 Å². The minimum atomic E-state index is -0.364. The molecule has 7 heteroatoms. The molecule has 0 aliphatic heterocycles. The average Bonchev–Trinajstić information content (AvgIpc) is 2.75. The van der Waals surface area contributed by atoms with Gasteiger partial charge in [-0.15, -0.1) is 0 Å². The maximum absolute atomic E-state index is 11.4. The number of nitrogens with one attached hydrogen (secondary N) is 2. The molecule has 0 amide bonds. The molecular weight excluding hydrogens is 421 g/mol. The number of H-pyrrole nitrogens is 2. The first-order valence-electron chi connectivity index (χ1n) is 6.07. The van der Waals surface area contributed by atoms with E-state index in [9.17, 15) is 4.79 Å². The largest absolute Gasteiger partial charge is 0.323 e. The third-order valence-corrected chi connectivity index (χ3v) is 4.58. The van der Waals surface area contributed by atoms with Gasteiger partial charge in [-0.25, -0.2) is 4.79 Å². The lowest BCUT2D eigenvalue weighted by atomic mass is 9.99. The lowest BCUT2D eigenvalue weighted by Gasteiger charge is -2.15. The second-order valence-corrected chi connectivity index (χ2v) is 6.89. The first-order chi connectivity index (χ1) is 9.94. The van der Waals surface area contributed by atoms with Crippen LogP contribution >= 0.6 is 43.5 Å². The fourth-order valence-corrected chi connectivity index (χ4v) is 3.72. The van der Waals surface area contributed by atoms with Crippen LogP contribution in [-0.2, 0) is 0 Å². The maximum Gasteiger partial charge on any atom is 0.323 e. The number of imidazole rings is 1. The van der Waals surface area contributed by atoms with Gasteiger partial charge in [0.1, 0.15) is 0 Å². The lowest BCUT2D eigenvalue weighted by molar-refractivity contribution is 0.866. The van der Waals surface area contributed by atoms with Crippen LogP contribution in [0.2, 0.25) is 5.02 Å². The van der Waals surface area contributed by atoms with Crippen LogP contribution in [0.4, 0.5) is 0 Å². The van der Waals surface area contributed by atoms with E-state index in [1.54, 1.807) is 6.07 Å². The second kappa shape index (κ2) is 5.61. The minimum absolute atomic E-state index is 0.242. The van der Waals surface area contributed by atoms with E-state index in [0.29, 0.717) is 5.02 Å². The number of halogens is 3. The maximum atomic E-state index is 11.4. The summed E-state index contributed by atoms with van der Waals surface area (Å²) in [6.07, 6.45) is 0. The van der Waals surface area contributed by atoms with Crippen LogP contribution in [0.25, 0.3) is 11.0 Å². The Morgan fingerprint density at radius 1 is 1.05 bits per heavy atom. The standard InChI is InChI=1S/C14H10Br2ClN3O/c15-7-1-6(2-8(17)3-7)13(18)9-4-11-12(5-10(9)16)20-14(21)19-11/h1-5,13H,18H2,(H2,19,20,21). The molecule has 1 unspecified atom stereocenters. The van der Waals surface area contributed by atoms with Crippen molar-refractivity contribution in [3.8, 4) is 0 Å². The molecule has 0 radical (unpaired) electrons.